The predicted octanol–water partition coefficient (Wildman–Crippen LogP) is 6.09. The van der Waals surface area contributed by atoms with Gasteiger partial charge in [0.05, 0.1) is 5.60 Å². The zero-order valence-corrected chi connectivity index (χ0v) is 15.9. The van der Waals surface area contributed by atoms with E-state index in [1.165, 1.54) is 18.4 Å². The molecule has 1 fully saturated rings. The molecule has 0 unspecified atom stereocenters. The Morgan fingerprint density at radius 2 is 1.70 bits per heavy atom. The third-order valence-corrected chi connectivity index (χ3v) is 9.68. The summed E-state index contributed by atoms with van der Waals surface area (Å²) in [5.41, 5.74) is 1.66. The Bertz CT molecular complexity index is 392. The summed E-state index contributed by atoms with van der Waals surface area (Å²) < 4.78 is 6.71. The van der Waals surface area contributed by atoms with Crippen LogP contribution < -0.4 is 0 Å². The minimum absolute atomic E-state index is 0.0558. The van der Waals surface area contributed by atoms with Crippen molar-refractivity contribution in [1.29, 1.82) is 0 Å². The highest BCUT2D eigenvalue weighted by Gasteiger charge is 2.52. The zero-order chi connectivity index (χ0) is 15.8. The first-order chi connectivity index (χ1) is 8.85. The second-order valence-corrected chi connectivity index (χ2v) is 13.4. The fraction of sp³-hybridized carbons (Fsp3) is 0.778. The minimum atomic E-state index is -1.68. The van der Waals surface area contributed by atoms with Crippen LogP contribution in [0, 0.1) is 5.41 Å². The Hall–Kier alpha value is -0.343. The van der Waals surface area contributed by atoms with Crippen LogP contribution >= 0.6 is 0 Å². The molecule has 0 saturated heterocycles. The molecule has 1 aliphatic carbocycles. The topological polar surface area (TPSA) is 9.23 Å². The Morgan fingerprint density at radius 1 is 1.20 bits per heavy atom. The van der Waals surface area contributed by atoms with Crippen molar-refractivity contribution < 1.29 is 4.43 Å². The predicted molar refractivity (Wildman–Crippen MR) is 92.6 cm³/mol. The van der Waals surface area contributed by atoms with Gasteiger partial charge in [-0.15, -0.1) is 6.58 Å². The van der Waals surface area contributed by atoms with Gasteiger partial charge >= 0.3 is 0 Å². The van der Waals surface area contributed by atoms with E-state index in [1.54, 1.807) is 0 Å². The minimum Gasteiger partial charge on any atom is -0.408 e. The van der Waals surface area contributed by atoms with E-state index in [4.69, 9.17) is 4.43 Å². The highest BCUT2D eigenvalue weighted by molar-refractivity contribution is 6.74. The first-order valence-electron chi connectivity index (χ1n) is 7.86. The normalized spacial score (nSPS) is 19.9. The van der Waals surface area contributed by atoms with Crippen LogP contribution in [0.25, 0.3) is 0 Å². The van der Waals surface area contributed by atoms with Crippen LogP contribution in [-0.4, -0.2) is 13.9 Å². The van der Waals surface area contributed by atoms with Crippen molar-refractivity contribution >= 4 is 8.32 Å². The lowest BCUT2D eigenvalue weighted by atomic mass is 9.88. The van der Waals surface area contributed by atoms with Crippen molar-refractivity contribution in [2.75, 3.05) is 0 Å². The van der Waals surface area contributed by atoms with Gasteiger partial charge in [-0.05, 0) is 55.3 Å². The van der Waals surface area contributed by atoms with Gasteiger partial charge in [0.25, 0.3) is 0 Å². The Morgan fingerprint density at radius 3 is 2.05 bits per heavy atom. The molecular formula is C18H34OSi. The van der Waals surface area contributed by atoms with Crippen molar-refractivity contribution in [3.8, 4) is 0 Å². The summed E-state index contributed by atoms with van der Waals surface area (Å²) in [5.74, 6) is 0. The quantitative estimate of drug-likeness (QED) is 0.425. The molecule has 1 saturated carbocycles. The van der Waals surface area contributed by atoms with E-state index < -0.39 is 8.32 Å². The van der Waals surface area contributed by atoms with Crippen LogP contribution in [0.1, 0.15) is 60.8 Å². The van der Waals surface area contributed by atoms with Crippen LogP contribution in [0.15, 0.2) is 24.3 Å². The smallest absolute Gasteiger partial charge is 0.193 e. The molecule has 2 heteroatoms. The molecule has 0 spiro atoms. The van der Waals surface area contributed by atoms with Crippen molar-refractivity contribution in [3.05, 3.63) is 24.3 Å². The lowest BCUT2D eigenvalue weighted by molar-refractivity contribution is 0.193. The summed E-state index contributed by atoms with van der Waals surface area (Å²) in [5, 5.41) is 0.281. The molecule has 1 rings (SSSR count). The van der Waals surface area contributed by atoms with Crippen molar-refractivity contribution in [2.24, 2.45) is 5.41 Å². The summed E-state index contributed by atoms with van der Waals surface area (Å²) in [6, 6.07) is 0. The lowest BCUT2D eigenvalue weighted by Crippen LogP contribution is -2.45. The molecule has 0 aromatic carbocycles. The maximum absolute atomic E-state index is 6.71. The fourth-order valence-electron chi connectivity index (χ4n) is 2.02. The highest BCUT2D eigenvalue weighted by atomic mass is 28.4. The standard InChI is InChI=1S/C18H34OSi/c1-10-17(6,7)12-11-15(2)18(13-14-18)19-20(8,9)16(3,4)5/h10-11H,1,12-14H2,2-9H3/b15-11-. The first kappa shape index (κ1) is 17.7. The van der Waals surface area contributed by atoms with Gasteiger partial charge in [-0.25, -0.2) is 0 Å². The molecular weight excluding hydrogens is 260 g/mol. The molecule has 0 bridgehead atoms. The van der Waals surface area contributed by atoms with E-state index in [-0.39, 0.29) is 16.1 Å². The van der Waals surface area contributed by atoms with Gasteiger partial charge in [0.1, 0.15) is 0 Å². The van der Waals surface area contributed by atoms with Gasteiger partial charge in [0.15, 0.2) is 8.32 Å². The molecule has 0 aliphatic heterocycles. The molecule has 1 nitrogen and oxygen atoms in total. The van der Waals surface area contributed by atoms with Crippen LogP contribution in [0.3, 0.4) is 0 Å². The average molecular weight is 295 g/mol. The molecule has 0 N–H and O–H groups in total. The van der Waals surface area contributed by atoms with E-state index in [9.17, 15) is 0 Å². The number of allylic oxidation sites excluding steroid dienone is 2. The summed E-state index contributed by atoms with van der Waals surface area (Å²) in [6.07, 6.45) is 7.85. The maximum Gasteiger partial charge on any atom is 0.193 e. The van der Waals surface area contributed by atoms with Crippen LogP contribution in [0.4, 0.5) is 0 Å². The van der Waals surface area contributed by atoms with Gasteiger partial charge in [-0.2, -0.15) is 0 Å². The number of hydrogen-bond donors (Lipinski definition) is 0. The van der Waals surface area contributed by atoms with Gasteiger partial charge in [0, 0.05) is 0 Å². The Kier molecular flexibility index (Phi) is 4.83. The van der Waals surface area contributed by atoms with E-state index in [1.807, 2.05) is 6.08 Å². The highest BCUT2D eigenvalue weighted by Crippen LogP contribution is 2.51. The summed E-state index contributed by atoms with van der Waals surface area (Å²) in [7, 11) is -1.68. The molecule has 0 heterocycles. The molecule has 0 aromatic heterocycles. The SMILES string of the molecule is C=CC(C)(C)C/C=C(/C)C1(O[Si](C)(C)C(C)(C)C)CC1. The number of rotatable bonds is 6. The second kappa shape index (κ2) is 5.45. The van der Waals surface area contributed by atoms with Crippen molar-refractivity contribution in [3.63, 3.8) is 0 Å². The van der Waals surface area contributed by atoms with Crippen molar-refractivity contribution in [2.45, 2.75) is 84.5 Å². The summed E-state index contributed by atoms with van der Waals surface area (Å²) in [4.78, 5) is 0. The second-order valence-electron chi connectivity index (χ2n) is 8.64. The zero-order valence-electron chi connectivity index (χ0n) is 14.9. The maximum atomic E-state index is 6.71. The summed E-state index contributed by atoms with van der Waals surface area (Å²) in [6.45, 7) is 22.3. The molecule has 20 heavy (non-hydrogen) atoms. The monoisotopic (exact) mass is 294 g/mol. The lowest BCUT2D eigenvalue weighted by Gasteiger charge is -2.40. The fourth-order valence-corrected chi connectivity index (χ4v) is 3.67. The largest absolute Gasteiger partial charge is 0.408 e. The Balaban J connectivity index is 2.80. The summed E-state index contributed by atoms with van der Waals surface area (Å²) >= 11 is 0. The van der Waals surface area contributed by atoms with Gasteiger partial charge < -0.3 is 4.43 Å². The molecule has 116 valence electrons. The van der Waals surface area contributed by atoms with Gasteiger partial charge in [-0.3, -0.25) is 0 Å². The molecule has 0 radical (unpaired) electrons. The third kappa shape index (κ3) is 4.08. The van der Waals surface area contributed by atoms with Crippen LogP contribution in [0.2, 0.25) is 18.1 Å². The van der Waals surface area contributed by atoms with E-state index in [0.29, 0.717) is 0 Å². The van der Waals surface area contributed by atoms with Crippen LogP contribution in [0.5, 0.6) is 0 Å². The molecule has 0 amide bonds. The Labute approximate surface area is 127 Å². The van der Waals surface area contributed by atoms with Gasteiger partial charge in [0.2, 0.25) is 0 Å². The molecule has 0 aromatic rings. The van der Waals surface area contributed by atoms with E-state index >= 15 is 0 Å². The third-order valence-electron chi connectivity index (χ3n) is 5.17. The van der Waals surface area contributed by atoms with Gasteiger partial charge in [-0.1, -0.05) is 46.8 Å². The van der Waals surface area contributed by atoms with E-state index in [0.717, 1.165) is 6.42 Å². The first-order valence-corrected chi connectivity index (χ1v) is 10.8. The molecule has 1 aliphatic rings. The average Bonchev–Trinajstić information content (AvgIpc) is 3.05. The van der Waals surface area contributed by atoms with E-state index in [2.05, 4.69) is 67.3 Å². The number of hydrogen-bond acceptors (Lipinski definition) is 1. The van der Waals surface area contributed by atoms with Crippen LogP contribution in [-0.2, 0) is 4.43 Å². The van der Waals surface area contributed by atoms with Crippen molar-refractivity contribution in [1.82, 2.24) is 0 Å². The molecule has 0 atom stereocenters.